The zero-order valence-corrected chi connectivity index (χ0v) is 11.8. The first kappa shape index (κ1) is 14.8. The molecular formula is C15H21NO4. The normalized spacial score (nSPS) is 22.8. The van der Waals surface area contributed by atoms with Gasteiger partial charge in [0.05, 0.1) is 12.0 Å². The molecule has 110 valence electrons. The molecule has 1 amide bonds. The highest BCUT2D eigenvalue weighted by molar-refractivity contribution is 5.87. The molecule has 1 aliphatic heterocycles. The second-order valence-electron chi connectivity index (χ2n) is 5.88. The third-order valence-electron chi connectivity index (χ3n) is 3.82. The molecule has 5 heteroatoms. The average molecular weight is 279 g/mol. The van der Waals surface area contributed by atoms with E-state index in [-0.39, 0.29) is 24.8 Å². The summed E-state index contributed by atoms with van der Waals surface area (Å²) in [7, 11) is 0. The third-order valence-corrected chi connectivity index (χ3v) is 3.82. The predicted octanol–water partition coefficient (Wildman–Crippen LogP) is 0.937. The number of ether oxygens (including phenoxy) is 1. The summed E-state index contributed by atoms with van der Waals surface area (Å²) in [4.78, 5) is 12.3. The Kier molecular flexibility index (Phi) is 4.01. The molecule has 1 heterocycles. The molecule has 1 aliphatic rings. The van der Waals surface area contributed by atoms with Gasteiger partial charge >= 0.3 is 0 Å². The Morgan fingerprint density at radius 1 is 1.40 bits per heavy atom. The Hall–Kier alpha value is -1.59. The molecule has 0 aliphatic carbocycles. The predicted molar refractivity (Wildman–Crippen MR) is 74.5 cm³/mol. The van der Waals surface area contributed by atoms with E-state index in [1.54, 1.807) is 24.3 Å². The fraction of sp³-hybridized carbons (Fsp3) is 0.533. The number of nitrogens with one attached hydrogen (secondary N) is 1. The van der Waals surface area contributed by atoms with Crippen LogP contribution in [0.4, 0.5) is 0 Å². The van der Waals surface area contributed by atoms with Crippen LogP contribution in [0.1, 0.15) is 25.8 Å². The number of hydrogen-bond donors (Lipinski definition) is 3. The van der Waals surface area contributed by atoms with Crippen molar-refractivity contribution in [3.63, 3.8) is 0 Å². The minimum absolute atomic E-state index is 0.163. The first-order valence-electron chi connectivity index (χ1n) is 6.71. The van der Waals surface area contributed by atoms with Crippen molar-refractivity contribution in [2.24, 2.45) is 0 Å². The quantitative estimate of drug-likeness (QED) is 0.766. The van der Waals surface area contributed by atoms with E-state index in [1.165, 1.54) is 0 Å². The van der Waals surface area contributed by atoms with Gasteiger partial charge in [-0.25, -0.2) is 0 Å². The Labute approximate surface area is 118 Å². The van der Waals surface area contributed by atoms with E-state index in [1.807, 2.05) is 13.8 Å². The van der Waals surface area contributed by atoms with Crippen molar-refractivity contribution in [3.8, 4) is 5.75 Å². The summed E-state index contributed by atoms with van der Waals surface area (Å²) in [6.45, 7) is 4.59. The summed E-state index contributed by atoms with van der Waals surface area (Å²) >= 11 is 0. The van der Waals surface area contributed by atoms with Crippen LogP contribution in [0.15, 0.2) is 24.3 Å². The molecule has 1 atom stereocenters. The van der Waals surface area contributed by atoms with Gasteiger partial charge in [0.15, 0.2) is 0 Å². The van der Waals surface area contributed by atoms with E-state index in [0.29, 0.717) is 13.0 Å². The lowest BCUT2D eigenvalue weighted by molar-refractivity contribution is -0.127. The van der Waals surface area contributed by atoms with Crippen LogP contribution in [0, 0.1) is 0 Å². The van der Waals surface area contributed by atoms with E-state index < -0.39 is 11.0 Å². The maximum atomic E-state index is 12.3. The second kappa shape index (κ2) is 5.42. The van der Waals surface area contributed by atoms with E-state index >= 15 is 0 Å². The SMILES string of the molecule is CC(C)(C(=O)NC[C@@]1(O)CCOC1)c1ccc(O)cc1. The highest BCUT2D eigenvalue weighted by Gasteiger charge is 2.35. The third kappa shape index (κ3) is 3.11. The molecule has 1 aromatic carbocycles. The second-order valence-corrected chi connectivity index (χ2v) is 5.88. The number of amides is 1. The van der Waals surface area contributed by atoms with Crippen LogP contribution in [0.2, 0.25) is 0 Å². The summed E-state index contributed by atoms with van der Waals surface area (Å²) in [5.74, 6) is 0.00545. The molecule has 1 aromatic rings. The van der Waals surface area contributed by atoms with Gasteiger partial charge in [0.2, 0.25) is 5.91 Å². The fourth-order valence-electron chi connectivity index (χ4n) is 2.21. The van der Waals surface area contributed by atoms with Gasteiger partial charge in [-0.1, -0.05) is 12.1 Å². The molecule has 20 heavy (non-hydrogen) atoms. The van der Waals surface area contributed by atoms with Crippen molar-refractivity contribution in [1.29, 1.82) is 0 Å². The lowest BCUT2D eigenvalue weighted by Crippen LogP contribution is -2.48. The van der Waals surface area contributed by atoms with E-state index in [0.717, 1.165) is 5.56 Å². The van der Waals surface area contributed by atoms with Crippen LogP contribution >= 0.6 is 0 Å². The number of benzene rings is 1. The molecule has 3 N–H and O–H groups in total. The maximum absolute atomic E-state index is 12.3. The van der Waals surface area contributed by atoms with Gasteiger partial charge in [0.25, 0.3) is 0 Å². The zero-order valence-electron chi connectivity index (χ0n) is 11.8. The Morgan fingerprint density at radius 3 is 2.60 bits per heavy atom. The van der Waals surface area contributed by atoms with Crippen LogP contribution < -0.4 is 5.32 Å². The maximum Gasteiger partial charge on any atom is 0.230 e. The topological polar surface area (TPSA) is 78.8 Å². The van der Waals surface area contributed by atoms with Crippen molar-refractivity contribution >= 4 is 5.91 Å². The Bertz CT molecular complexity index is 475. The number of phenolic OH excluding ortho intramolecular Hbond substituents is 1. The van der Waals surface area contributed by atoms with E-state index in [9.17, 15) is 15.0 Å². The number of carbonyl (C=O) groups is 1. The van der Waals surface area contributed by atoms with E-state index in [4.69, 9.17) is 4.74 Å². The van der Waals surface area contributed by atoms with Crippen LogP contribution in [-0.4, -0.2) is 41.5 Å². The first-order valence-corrected chi connectivity index (χ1v) is 6.71. The molecule has 0 aromatic heterocycles. The van der Waals surface area contributed by atoms with Crippen LogP contribution in [0.3, 0.4) is 0 Å². The molecule has 0 bridgehead atoms. The van der Waals surface area contributed by atoms with Gasteiger partial charge in [0.1, 0.15) is 11.4 Å². The highest BCUT2D eigenvalue weighted by atomic mass is 16.5. The van der Waals surface area contributed by atoms with Gasteiger partial charge in [0, 0.05) is 19.6 Å². The van der Waals surface area contributed by atoms with Crippen molar-refractivity contribution in [2.45, 2.75) is 31.3 Å². The number of hydrogen-bond acceptors (Lipinski definition) is 4. The van der Waals surface area contributed by atoms with Crippen molar-refractivity contribution in [3.05, 3.63) is 29.8 Å². The smallest absolute Gasteiger partial charge is 0.230 e. The largest absolute Gasteiger partial charge is 0.508 e. The minimum Gasteiger partial charge on any atom is -0.508 e. The van der Waals surface area contributed by atoms with E-state index in [2.05, 4.69) is 5.32 Å². The van der Waals surface area contributed by atoms with Crippen molar-refractivity contribution < 1.29 is 19.7 Å². The first-order chi connectivity index (χ1) is 9.33. The van der Waals surface area contributed by atoms with Crippen LogP contribution in [0.5, 0.6) is 5.75 Å². The lowest BCUT2D eigenvalue weighted by Gasteiger charge is -2.27. The number of aliphatic hydroxyl groups is 1. The molecule has 0 unspecified atom stereocenters. The summed E-state index contributed by atoms with van der Waals surface area (Å²) in [5.41, 5.74) is -0.882. The van der Waals surface area contributed by atoms with Gasteiger partial charge < -0.3 is 20.3 Å². The van der Waals surface area contributed by atoms with Gasteiger partial charge in [-0.3, -0.25) is 4.79 Å². The number of aromatic hydroxyl groups is 1. The van der Waals surface area contributed by atoms with Crippen LogP contribution in [0.25, 0.3) is 0 Å². The van der Waals surface area contributed by atoms with Crippen molar-refractivity contribution in [1.82, 2.24) is 5.32 Å². The molecular weight excluding hydrogens is 258 g/mol. The number of carbonyl (C=O) groups excluding carboxylic acids is 1. The summed E-state index contributed by atoms with van der Waals surface area (Å²) in [6.07, 6.45) is 0.535. The summed E-state index contributed by atoms with van der Waals surface area (Å²) in [6, 6.07) is 6.57. The minimum atomic E-state index is -0.958. The van der Waals surface area contributed by atoms with Gasteiger partial charge in [-0.05, 0) is 31.5 Å². The molecule has 1 saturated heterocycles. The lowest BCUT2D eigenvalue weighted by atomic mass is 9.83. The van der Waals surface area contributed by atoms with Crippen molar-refractivity contribution in [2.75, 3.05) is 19.8 Å². The number of phenols is 1. The highest BCUT2D eigenvalue weighted by Crippen LogP contribution is 2.25. The molecule has 2 rings (SSSR count). The fourth-order valence-corrected chi connectivity index (χ4v) is 2.21. The standard InChI is InChI=1S/C15H21NO4/c1-14(2,11-3-5-12(17)6-4-11)13(18)16-9-15(19)7-8-20-10-15/h3-6,17,19H,7-10H2,1-2H3,(H,16,18)/t15-/m0/s1. The number of rotatable bonds is 4. The molecule has 5 nitrogen and oxygen atoms in total. The average Bonchev–Trinajstić information content (AvgIpc) is 2.84. The summed E-state index contributed by atoms with van der Waals surface area (Å²) < 4.78 is 5.15. The zero-order chi connectivity index (χ0) is 14.8. The van der Waals surface area contributed by atoms with Crippen LogP contribution in [-0.2, 0) is 14.9 Å². The molecule has 0 saturated carbocycles. The Balaban J connectivity index is 2.01. The Morgan fingerprint density at radius 2 is 2.05 bits per heavy atom. The summed E-state index contributed by atoms with van der Waals surface area (Å²) in [5, 5.41) is 22.2. The molecule has 1 fully saturated rings. The van der Waals surface area contributed by atoms with Gasteiger partial charge in [-0.2, -0.15) is 0 Å². The molecule has 0 radical (unpaired) electrons. The monoisotopic (exact) mass is 279 g/mol. The molecule has 0 spiro atoms. The van der Waals surface area contributed by atoms with Gasteiger partial charge in [-0.15, -0.1) is 0 Å².